The number of rotatable bonds is 7. The molecule has 2 nitrogen and oxygen atoms in total. The van der Waals surface area contributed by atoms with Crippen LogP contribution in [0.4, 0.5) is 11.4 Å². The summed E-state index contributed by atoms with van der Waals surface area (Å²) in [5.41, 5.74) is 8.68. The van der Waals surface area contributed by atoms with Crippen LogP contribution >= 0.6 is 11.3 Å². The number of allylic oxidation sites excluding steroid dienone is 3. The number of anilines is 2. The molecule has 49 heavy (non-hydrogen) atoms. The van der Waals surface area contributed by atoms with Gasteiger partial charge in [-0.15, -0.1) is 11.3 Å². The van der Waals surface area contributed by atoms with E-state index < -0.39 is 0 Å². The zero-order valence-electron chi connectivity index (χ0n) is 27.1. The van der Waals surface area contributed by atoms with Crippen molar-refractivity contribution in [3.05, 3.63) is 181 Å². The number of thiophene rings is 1. The smallest absolute Gasteiger partial charge is 0.143 e. The Morgan fingerprint density at radius 3 is 2.14 bits per heavy atom. The second kappa shape index (κ2) is 12.3. The lowest BCUT2D eigenvalue weighted by molar-refractivity contribution is 0.674. The Balaban J connectivity index is 1.27. The van der Waals surface area contributed by atoms with Gasteiger partial charge in [0.2, 0.25) is 0 Å². The summed E-state index contributed by atoms with van der Waals surface area (Å²) in [5.74, 6) is 0. The summed E-state index contributed by atoms with van der Waals surface area (Å²) < 4.78 is 9.41. The molecule has 9 aromatic rings. The van der Waals surface area contributed by atoms with E-state index in [4.69, 9.17) is 4.42 Å². The maximum absolute atomic E-state index is 6.86. The number of nitrogens with zero attached hydrogens (tertiary/aromatic N) is 1. The van der Waals surface area contributed by atoms with Crippen LogP contribution in [-0.2, 0) is 6.42 Å². The average Bonchev–Trinajstić information content (AvgIpc) is 3.74. The van der Waals surface area contributed by atoms with Crippen molar-refractivity contribution >= 4 is 75.6 Å². The predicted octanol–water partition coefficient (Wildman–Crippen LogP) is 13.6. The van der Waals surface area contributed by atoms with E-state index in [1.807, 2.05) is 11.3 Å². The fourth-order valence-corrected chi connectivity index (χ4v) is 8.39. The van der Waals surface area contributed by atoms with E-state index in [0.29, 0.717) is 0 Å². The molecule has 0 fully saturated rings. The normalized spacial score (nSPS) is 12.3. The van der Waals surface area contributed by atoms with E-state index in [0.717, 1.165) is 61.9 Å². The van der Waals surface area contributed by atoms with Gasteiger partial charge in [0.15, 0.2) is 0 Å². The summed E-state index contributed by atoms with van der Waals surface area (Å²) in [4.78, 5) is 2.44. The molecule has 0 N–H and O–H groups in total. The minimum Gasteiger partial charge on any atom is -0.455 e. The second-order valence-electron chi connectivity index (χ2n) is 12.4. The Kier molecular flexibility index (Phi) is 7.33. The molecule has 0 unspecified atom stereocenters. The third-order valence-electron chi connectivity index (χ3n) is 9.49. The van der Waals surface area contributed by atoms with E-state index in [1.54, 1.807) is 0 Å². The molecule has 3 heteroatoms. The van der Waals surface area contributed by atoms with Crippen LogP contribution in [0.3, 0.4) is 0 Å². The SMILES string of the molecule is C/C=C(\C=C/Cc1ccccc1)N(c1ccccc1-c1cccc2c1oc1c3ccccc3ccc21)c1cccc2c1sc1ccccc12. The maximum Gasteiger partial charge on any atom is 0.143 e. The van der Waals surface area contributed by atoms with Crippen molar-refractivity contribution in [3.8, 4) is 11.1 Å². The largest absolute Gasteiger partial charge is 0.455 e. The van der Waals surface area contributed by atoms with Crippen molar-refractivity contribution in [2.24, 2.45) is 0 Å². The topological polar surface area (TPSA) is 16.4 Å². The quantitative estimate of drug-likeness (QED) is 0.160. The van der Waals surface area contributed by atoms with Crippen LogP contribution in [0.25, 0.3) is 64.0 Å². The number of para-hydroxylation sites is 2. The Morgan fingerprint density at radius 2 is 1.24 bits per heavy atom. The lowest BCUT2D eigenvalue weighted by Crippen LogP contribution is -2.16. The zero-order valence-corrected chi connectivity index (χ0v) is 28.0. The summed E-state index contributed by atoms with van der Waals surface area (Å²) in [7, 11) is 0. The lowest BCUT2D eigenvalue weighted by Gasteiger charge is -2.29. The van der Waals surface area contributed by atoms with Gasteiger partial charge in [-0.05, 0) is 54.6 Å². The number of fused-ring (bicyclic) bond motifs is 8. The Morgan fingerprint density at radius 1 is 0.571 bits per heavy atom. The molecule has 0 spiro atoms. The molecule has 0 aliphatic carbocycles. The summed E-state index contributed by atoms with van der Waals surface area (Å²) in [6.45, 7) is 2.13. The van der Waals surface area contributed by atoms with Crippen molar-refractivity contribution in [3.63, 3.8) is 0 Å². The molecule has 2 heterocycles. The fraction of sp³-hybridized carbons (Fsp3) is 0.0435. The average molecular weight is 648 g/mol. The van der Waals surface area contributed by atoms with Crippen molar-refractivity contribution in [1.29, 1.82) is 0 Å². The molecule has 2 aromatic heterocycles. The minimum absolute atomic E-state index is 0.854. The van der Waals surface area contributed by atoms with Gasteiger partial charge >= 0.3 is 0 Å². The van der Waals surface area contributed by atoms with Gasteiger partial charge in [0.1, 0.15) is 11.2 Å². The monoisotopic (exact) mass is 647 g/mol. The number of hydrogen-bond acceptors (Lipinski definition) is 3. The summed E-state index contributed by atoms with van der Waals surface area (Å²) in [5, 5.41) is 7.14. The highest BCUT2D eigenvalue weighted by Gasteiger charge is 2.23. The molecular weight excluding hydrogens is 615 g/mol. The Bertz CT molecular complexity index is 2710. The third-order valence-corrected chi connectivity index (χ3v) is 10.7. The molecule has 0 aliphatic heterocycles. The highest BCUT2D eigenvalue weighted by atomic mass is 32.1. The molecule has 7 aromatic carbocycles. The number of benzene rings is 7. The summed E-state index contributed by atoms with van der Waals surface area (Å²) >= 11 is 1.86. The van der Waals surface area contributed by atoms with Crippen LogP contribution in [0.5, 0.6) is 0 Å². The lowest BCUT2D eigenvalue weighted by atomic mass is 9.98. The van der Waals surface area contributed by atoms with Crippen LogP contribution in [-0.4, -0.2) is 0 Å². The minimum atomic E-state index is 0.854. The van der Waals surface area contributed by atoms with Gasteiger partial charge in [0.25, 0.3) is 0 Å². The highest BCUT2D eigenvalue weighted by molar-refractivity contribution is 7.26. The number of furan rings is 1. The van der Waals surface area contributed by atoms with Crippen LogP contribution in [0.1, 0.15) is 12.5 Å². The van der Waals surface area contributed by atoms with Crippen LogP contribution in [0, 0.1) is 0 Å². The van der Waals surface area contributed by atoms with Gasteiger partial charge in [0.05, 0.1) is 16.1 Å². The van der Waals surface area contributed by atoms with E-state index in [9.17, 15) is 0 Å². The Labute approximate surface area is 289 Å². The standard InChI is InChI=1S/C46H33NOS/c1-2-33(19-12-17-31-15-4-3-5-16-31)47(42-27-14-25-40-36-22-9-11-28-43(36)49-46(40)42)41-26-10-8-21-35(41)37-23-13-24-38-39-30-29-32-18-6-7-20-34(32)44(39)48-45(37)38/h2-16,18-30H,17H2,1H3/b19-12-,33-2+. The van der Waals surface area contributed by atoms with Crippen molar-refractivity contribution in [2.45, 2.75) is 13.3 Å². The fourth-order valence-electron chi connectivity index (χ4n) is 7.18. The molecule has 0 saturated carbocycles. The van der Waals surface area contributed by atoms with Gasteiger partial charge in [-0.25, -0.2) is 0 Å². The van der Waals surface area contributed by atoms with E-state index >= 15 is 0 Å². The van der Waals surface area contributed by atoms with Gasteiger partial charge in [-0.1, -0.05) is 140 Å². The van der Waals surface area contributed by atoms with E-state index in [1.165, 1.54) is 31.1 Å². The molecule has 0 bridgehead atoms. The van der Waals surface area contributed by atoms with E-state index in [2.05, 4.69) is 182 Å². The molecular formula is C46H33NOS. The van der Waals surface area contributed by atoms with E-state index in [-0.39, 0.29) is 0 Å². The first-order chi connectivity index (χ1) is 24.3. The third kappa shape index (κ3) is 5.02. The number of hydrogen-bond donors (Lipinski definition) is 0. The molecule has 234 valence electrons. The highest BCUT2D eigenvalue weighted by Crippen LogP contribution is 2.47. The predicted molar refractivity (Wildman–Crippen MR) is 211 cm³/mol. The van der Waals surface area contributed by atoms with Crippen LogP contribution < -0.4 is 4.90 Å². The molecule has 0 saturated heterocycles. The molecule has 0 amide bonds. The van der Waals surface area contributed by atoms with Crippen LogP contribution in [0.2, 0.25) is 0 Å². The zero-order chi connectivity index (χ0) is 32.7. The first-order valence-corrected chi connectivity index (χ1v) is 17.6. The van der Waals surface area contributed by atoms with Crippen molar-refractivity contribution < 1.29 is 4.42 Å². The molecule has 0 radical (unpaired) electrons. The second-order valence-corrected chi connectivity index (χ2v) is 13.4. The van der Waals surface area contributed by atoms with Crippen molar-refractivity contribution in [1.82, 2.24) is 0 Å². The maximum atomic E-state index is 6.86. The molecule has 0 aliphatic rings. The van der Waals surface area contributed by atoms with Gasteiger partial charge in [-0.3, -0.25) is 0 Å². The van der Waals surface area contributed by atoms with Gasteiger partial charge in [0, 0.05) is 48.5 Å². The molecule has 0 atom stereocenters. The van der Waals surface area contributed by atoms with Gasteiger partial charge in [-0.2, -0.15) is 0 Å². The first kappa shape index (κ1) is 29.3. The Hall–Kier alpha value is -5.90. The summed E-state index contributed by atoms with van der Waals surface area (Å²) in [6.07, 6.45) is 7.62. The van der Waals surface area contributed by atoms with Crippen molar-refractivity contribution in [2.75, 3.05) is 4.90 Å². The van der Waals surface area contributed by atoms with Gasteiger partial charge < -0.3 is 9.32 Å². The van der Waals surface area contributed by atoms with Crippen LogP contribution in [0.15, 0.2) is 180 Å². The first-order valence-electron chi connectivity index (χ1n) is 16.8. The summed E-state index contributed by atoms with van der Waals surface area (Å²) in [6, 6.07) is 54.2. The molecule has 9 rings (SSSR count).